The summed E-state index contributed by atoms with van der Waals surface area (Å²) in [5.74, 6) is -0.334. The fourth-order valence-electron chi connectivity index (χ4n) is 5.06. The maximum Gasteiger partial charge on any atom is 0.306 e. The normalized spacial score (nSPS) is 10.8. The Morgan fingerprint density at radius 1 is 0.609 bits per heavy atom. The van der Waals surface area contributed by atoms with Gasteiger partial charge in [-0.2, -0.15) is 0 Å². The minimum Gasteiger partial charge on any atom is -0.494 e. The van der Waals surface area contributed by atoms with Gasteiger partial charge in [0.25, 0.3) is 0 Å². The Bertz CT molecular complexity index is 1390. The Kier molecular flexibility index (Phi) is 15.9. The van der Waals surface area contributed by atoms with E-state index in [1.807, 2.05) is 19.1 Å². The van der Waals surface area contributed by atoms with Gasteiger partial charge in [-0.1, -0.05) is 31.0 Å². The SMILES string of the molecule is CCOC(=O)CCCOc1cccc(CCCCCCOc2cc(OCC)cc(-c3ccc(F)c(F)c3)c2)c1CCC(=O)OCC. The van der Waals surface area contributed by atoms with Gasteiger partial charge in [-0.05, 0) is 105 Å². The van der Waals surface area contributed by atoms with E-state index in [0.717, 1.165) is 55.0 Å². The molecular weight excluding hydrogens is 594 g/mol. The first-order valence-electron chi connectivity index (χ1n) is 16.2. The third-order valence-electron chi connectivity index (χ3n) is 7.26. The number of aryl methyl sites for hydroxylation is 1. The van der Waals surface area contributed by atoms with Gasteiger partial charge in [0, 0.05) is 18.9 Å². The topological polar surface area (TPSA) is 80.3 Å². The molecule has 0 atom stereocenters. The van der Waals surface area contributed by atoms with Gasteiger partial charge in [0.2, 0.25) is 0 Å². The van der Waals surface area contributed by atoms with Crippen LogP contribution in [0.5, 0.6) is 17.2 Å². The predicted octanol–water partition coefficient (Wildman–Crippen LogP) is 8.43. The first-order valence-corrected chi connectivity index (χ1v) is 16.2. The number of ether oxygens (including phenoxy) is 5. The third-order valence-corrected chi connectivity index (χ3v) is 7.26. The number of carbonyl (C=O) groups is 2. The van der Waals surface area contributed by atoms with E-state index in [4.69, 9.17) is 23.7 Å². The lowest BCUT2D eigenvalue weighted by Gasteiger charge is -2.16. The van der Waals surface area contributed by atoms with Crippen molar-refractivity contribution in [3.8, 4) is 28.4 Å². The van der Waals surface area contributed by atoms with E-state index in [0.29, 0.717) is 74.9 Å². The van der Waals surface area contributed by atoms with E-state index in [1.54, 1.807) is 32.0 Å². The molecule has 250 valence electrons. The third kappa shape index (κ3) is 12.3. The summed E-state index contributed by atoms with van der Waals surface area (Å²) in [6.07, 6.45) is 6.22. The second kappa shape index (κ2) is 20.1. The Morgan fingerprint density at radius 3 is 2.02 bits per heavy atom. The molecule has 46 heavy (non-hydrogen) atoms. The molecular formula is C37H46F2O7. The first-order chi connectivity index (χ1) is 22.3. The number of unbranched alkanes of at least 4 members (excludes halogenated alkanes) is 3. The first kappa shape index (κ1) is 36.3. The summed E-state index contributed by atoms with van der Waals surface area (Å²) in [4.78, 5) is 23.8. The molecule has 0 saturated carbocycles. The maximum atomic E-state index is 13.8. The molecule has 0 heterocycles. The van der Waals surface area contributed by atoms with Crippen LogP contribution in [0, 0.1) is 11.6 Å². The number of halogens is 2. The average Bonchev–Trinajstić information content (AvgIpc) is 3.03. The molecule has 0 unspecified atom stereocenters. The van der Waals surface area contributed by atoms with Gasteiger partial charge in [0.1, 0.15) is 17.2 Å². The number of hydrogen-bond donors (Lipinski definition) is 0. The molecule has 7 nitrogen and oxygen atoms in total. The summed E-state index contributed by atoms with van der Waals surface area (Å²) < 4.78 is 55.2. The number of esters is 2. The zero-order valence-electron chi connectivity index (χ0n) is 27.2. The van der Waals surface area contributed by atoms with Crippen molar-refractivity contribution in [3.63, 3.8) is 0 Å². The minimum absolute atomic E-state index is 0.238. The minimum atomic E-state index is -0.904. The van der Waals surface area contributed by atoms with Crippen LogP contribution in [0.3, 0.4) is 0 Å². The summed E-state index contributed by atoms with van der Waals surface area (Å²) >= 11 is 0. The van der Waals surface area contributed by atoms with E-state index >= 15 is 0 Å². The van der Waals surface area contributed by atoms with E-state index in [9.17, 15) is 18.4 Å². The molecule has 9 heteroatoms. The zero-order chi connectivity index (χ0) is 33.1. The van der Waals surface area contributed by atoms with Crippen molar-refractivity contribution in [2.75, 3.05) is 33.0 Å². The van der Waals surface area contributed by atoms with Gasteiger partial charge in [-0.25, -0.2) is 8.78 Å². The lowest BCUT2D eigenvalue weighted by Crippen LogP contribution is -2.10. The van der Waals surface area contributed by atoms with Crippen LogP contribution in [-0.4, -0.2) is 45.0 Å². The van der Waals surface area contributed by atoms with Gasteiger partial charge in [0.05, 0.1) is 33.0 Å². The molecule has 0 spiro atoms. The molecule has 0 amide bonds. The van der Waals surface area contributed by atoms with E-state index < -0.39 is 11.6 Å². The lowest BCUT2D eigenvalue weighted by molar-refractivity contribution is -0.144. The fourth-order valence-corrected chi connectivity index (χ4v) is 5.06. The molecule has 3 aromatic carbocycles. The maximum absolute atomic E-state index is 13.8. The van der Waals surface area contributed by atoms with Gasteiger partial charge in [-0.3, -0.25) is 9.59 Å². The molecule has 0 saturated heterocycles. The van der Waals surface area contributed by atoms with Crippen LogP contribution in [0.4, 0.5) is 8.78 Å². The Balaban J connectivity index is 1.52. The van der Waals surface area contributed by atoms with Crippen LogP contribution in [-0.2, 0) is 31.9 Å². The van der Waals surface area contributed by atoms with Crippen LogP contribution in [0.1, 0.15) is 76.8 Å². The second-order valence-electron chi connectivity index (χ2n) is 10.7. The largest absolute Gasteiger partial charge is 0.494 e. The van der Waals surface area contributed by atoms with Crippen molar-refractivity contribution < 1.29 is 42.1 Å². The van der Waals surface area contributed by atoms with Crippen molar-refractivity contribution in [2.45, 2.75) is 78.6 Å². The van der Waals surface area contributed by atoms with Crippen molar-refractivity contribution in [1.29, 1.82) is 0 Å². The van der Waals surface area contributed by atoms with E-state index in [1.165, 1.54) is 12.1 Å². The standard InChI is InChI=1S/C37H46F2O7/c1-4-42-30-23-29(28-17-19-33(38)34(39)25-28)24-31(26-30)45-21-10-8-7-9-13-27-14-11-15-35(32(27)18-20-37(41)44-6-3)46-22-12-16-36(40)43-5-2/h11,14-15,17,19,23-26H,4-10,12-13,16,18,20-22H2,1-3H3. The number of benzene rings is 3. The van der Waals surface area contributed by atoms with Crippen LogP contribution in [0.15, 0.2) is 54.6 Å². The molecule has 3 aromatic rings. The molecule has 0 aliphatic carbocycles. The molecule has 3 rings (SSSR count). The summed E-state index contributed by atoms with van der Waals surface area (Å²) in [6.45, 7) is 7.51. The number of carbonyl (C=O) groups excluding carboxylic acids is 2. The lowest BCUT2D eigenvalue weighted by atomic mass is 9.96. The van der Waals surface area contributed by atoms with Crippen molar-refractivity contribution in [3.05, 3.63) is 77.4 Å². The van der Waals surface area contributed by atoms with Crippen molar-refractivity contribution >= 4 is 11.9 Å². The van der Waals surface area contributed by atoms with Crippen LogP contribution in [0.2, 0.25) is 0 Å². The number of hydrogen-bond acceptors (Lipinski definition) is 7. The summed E-state index contributed by atoms with van der Waals surface area (Å²) in [6, 6.07) is 15.1. The highest BCUT2D eigenvalue weighted by atomic mass is 19.2. The fraction of sp³-hybridized carbons (Fsp3) is 0.459. The smallest absolute Gasteiger partial charge is 0.306 e. The highest BCUT2D eigenvalue weighted by Crippen LogP contribution is 2.31. The molecule has 0 N–H and O–H groups in total. The summed E-state index contributed by atoms with van der Waals surface area (Å²) in [5.41, 5.74) is 3.36. The Morgan fingerprint density at radius 2 is 1.30 bits per heavy atom. The van der Waals surface area contributed by atoms with Gasteiger partial charge >= 0.3 is 11.9 Å². The van der Waals surface area contributed by atoms with Crippen LogP contribution in [0.25, 0.3) is 11.1 Å². The van der Waals surface area contributed by atoms with E-state index in [2.05, 4.69) is 6.07 Å². The molecule has 0 aliphatic heterocycles. The number of rotatable bonds is 21. The predicted molar refractivity (Wildman–Crippen MR) is 173 cm³/mol. The van der Waals surface area contributed by atoms with E-state index in [-0.39, 0.29) is 18.4 Å². The van der Waals surface area contributed by atoms with Crippen LogP contribution < -0.4 is 14.2 Å². The summed E-state index contributed by atoms with van der Waals surface area (Å²) in [7, 11) is 0. The van der Waals surface area contributed by atoms with Crippen molar-refractivity contribution in [1.82, 2.24) is 0 Å². The molecule has 0 radical (unpaired) electrons. The van der Waals surface area contributed by atoms with Gasteiger partial charge < -0.3 is 23.7 Å². The highest BCUT2D eigenvalue weighted by Gasteiger charge is 2.14. The molecule has 0 fully saturated rings. The molecule has 0 aromatic heterocycles. The summed E-state index contributed by atoms with van der Waals surface area (Å²) in [5, 5.41) is 0. The van der Waals surface area contributed by atoms with Gasteiger partial charge in [-0.15, -0.1) is 0 Å². The average molecular weight is 641 g/mol. The molecule has 0 bridgehead atoms. The molecule has 0 aliphatic rings. The second-order valence-corrected chi connectivity index (χ2v) is 10.7. The Labute approximate surface area is 271 Å². The Hall–Kier alpha value is -4.14. The van der Waals surface area contributed by atoms with Gasteiger partial charge in [0.15, 0.2) is 11.6 Å². The zero-order valence-corrected chi connectivity index (χ0v) is 27.2. The van der Waals surface area contributed by atoms with Crippen molar-refractivity contribution in [2.24, 2.45) is 0 Å². The monoisotopic (exact) mass is 640 g/mol. The van der Waals surface area contributed by atoms with Crippen LogP contribution >= 0.6 is 0 Å². The highest BCUT2D eigenvalue weighted by molar-refractivity contribution is 5.70. The quantitative estimate of drug-likeness (QED) is 0.0854.